The Hall–Kier alpha value is -3.65. The molecule has 1 aliphatic rings. The molecule has 37 heavy (non-hydrogen) atoms. The van der Waals surface area contributed by atoms with Gasteiger partial charge in [-0.05, 0) is 94.9 Å². The number of rotatable bonds is 4. The van der Waals surface area contributed by atoms with Crippen LogP contribution in [-0.4, -0.2) is 11.7 Å². The number of benzene rings is 4. The summed E-state index contributed by atoms with van der Waals surface area (Å²) in [5.41, 5.74) is 2.00. The fraction of sp³-hybridized carbons (Fsp3) is 0.172. The maximum Gasteiger partial charge on any atom is 0.416 e. The van der Waals surface area contributed by atoms with Gasteiger partial charge in [0.05, 0.1) is 17.2 Å². The third-order valence-corrected chi connectivity index (χ3v) is 6.95. The molecule has 5 rings (SSSR count). The molecule has 188 valence electrons. The molecular formula is C29H21F4NO2S. The summed E-state index contributed by atoms with van der Waals surface area (Å²) >= 11 is 4.38. The van der Waals surface area contributed by atoms with Crippen LogP contribution in [0.25, 0.3) is 10.8 Å². The molecule has 0 radical (unpaired) electrons. The molecule has 1 heterocycles. The van der Waals surface area contributed by atoms with Gasteiger partial charge >= 0.3 is 6.18 Å². The van der Waals surface area contributed by atoms with E-state index in [1.807, 2.05) is 0 Å². The Morgan fingerprint density at radius 2 is 1.76 bits per heavy atom. The van der Waals surface area contributed by atoms with Gasteiger partial charge < -0.3 is 5.32 Å². The monoisotopic (exact) mass is 523 g/mol. The van der Waals surface area contributed by atoms with Crippen molar-refractivity contribution in [2.45, 2.75) is 37.4 Å². The van der Waals surface area contributed by atoms with Crippen molar-refractivity contribution in [3.8, 4) is 0 Å². The van der Waals surface area contributed by atoms with Gasteiger partial charge in [0.25, 0.3) is 5.91 Å². The van der Waals surface area contributed by atoms with Crippen molar-refractivity contribution in [1.29, 1.82) is 0 Å². The second kappa shape index (κ2) is 9.03. The van der Waals surface area contributed by atoms with Crippen LogP contribution in [0, 0.1) is 19.7 Å². The van der Waals surface area contributed by atoms with Gasteiger partial charge in [-0.15, -0.1) is 12.6 Å². The Morgan fingerprint density at radius 3 is 2.49 bits per heavy atom. The topological polar surface area (TPSA) is 46.2 Å². The lowest BCUT2D eigenvalue weighted by Gasteiger charge is -2.19. The average Bonchev–Trinajstić information content (AvgIpc) is 3.17. The molecular weight excluding hydrogens is 502 g/mol. The molecule has 4 aromatic rings. The molecule has 3 nitrogen and oxygen atoms in total. The Labute approximate surface area is 215 Å². The molecule has 0 aromatic heterocycles. The van der Waals surface area contributed by atoms with Crippen molar-refractivity contribution < 1.29 is 27.2 Å². The van der Waals surface area contributed by atoms with Crippen LogP contribution in [-0.2, 0) is 12.6 Å². The summed E-state index contributed by atoms with van der Waals surface area (Å²) in [6.07, 6.45) is -4.83. The predicted molar refractivity (Wildman–Crippen MR) is 136 cm³/mol. The molecule has 4 aromatic carbocycles. The summed E-state index contributed by atoms with van der Waals surface area (Å²) in [5.74, 6) is -1.36. The summed E-state index contributed by atoms with van der Waals surface area (Å²) in [6.45, 7) is 3.29. The minimum Gasteiger partial charge on any atom is -0.341 e. The van der Waals surface area contributed by atoms with Crippen molar-refractivity contribution in [2.24, 2.45) is 0 Å². The van der Waals surface area contributed by atoms with Crippen LogP contribution in [0.3, 0.4) is 0 Å². The van der Waals surface area contributed by atoms with Crippen LogP contribution in [0.2, 0.25) is 0 Å². The van der Waals surface area contributed by atoms with Crippen molar-refractivity contribution in [1.82, 2.24) is 5.32 Å². The van der Waals surface area contributed by atoms with Crippen molar-refractivity contribution in [2.75, 3.05) is 0 Å². The lowest BCUT2D eigenvalue weighted by molar-refractivity contribution is -0.137. The smallest absolute Gasteiger partial charge is 0.341 e. The van der Waals surface area contributed by atoms with Crippen LogP contribution in [0.1, 0.15) is 60.1 Å². The van der Waals surface area contributed by atoms with Crippen LogP contribution in [0.5, 0.6) is 0 Å². The summed E-state index contributed by atoms with van der Waals surface area (Å²) in [6, 6.07) is 13.8. The van der Waals surface area contributed by atoms with E-state index in [9.17, 15) is 27.2 Å². The largest absolute Gasteiger partial charge is 0.416 e. The standard InChI is InChI=1S/C29H21F4NO2S/c1-14-7-17(10-19(8-14)29(31,32)33)24(35)12-18-9-16-11-21(37)5-6-22(16)26-25(18)27(34-28(26)36)23-13-20(30)4-3-15(23)2/h3-11,13,27,37H,12H2,1-2H3,(H,34,36). The molecule has 1 atom stereocenters. The maximum absolute atomic E-state index is 14.2. The number of hydrogen-bond acceptors (Lipinski definition) is 3. The van der Waals surface area contributed by atoms with E-state index in [-0.39, 0.29) is 17.9 Å². The molecule has 0 aliphatic carbocycles. The molecule has 1 amide bonds. The molecule has 0 saturated carbocycles. The molecule has 8 heteroatoms. The van der Waals surface area contributed by atoms with E-state index >= 15 is 0 Å². The number of hydrogen-bond donors (Lipinski definition) is 2. The molecule has 1 aliphatic heterocycles. The third-order valence-electron chi connectivity index (χ3n) is 6.67. The van der Waals surface area contributed by atoms with Gasteiger partial charge in [0.1, 0.15) is 5.82 Å². The van der Waals surface area contributed by atoms with Gasteiger partial charge in [-0.1, -0.05) is 18.2 Å². The SMILES string of the molecule is Cc1cc(C(=O)Cc2cc3cc(S)ccc3c3c2C(c2cc(F)ccc2C)NC3=O)cc(C(F)(F)F)c1. The van der Waals surface area contributed by atoms with Crippen LogP contribution >= 0.6 is 12.6 Å². The van der Waals surface area contributed by atoms with E-state index in [4.69, 9.17) is 0 Å². The minimum atomic E-state index is -4.59. The number of carbonyl (C=O) groups is 2. The first-order valence-corrected chi connectivity index (χ1v) is 11.9. The third kappa shape index (κ3) is 4.62. The molecule has 0 saturated heterocycles. The van der Waals surface area contributed by atoms with Gasteiger partial charge in [0, 0.05) is 16.9 Å². The number of fused-ring (bicyclic) bond motifs is 3. The van der Waals surface area contributed by atoms with E-state index in [1.54, 1.807) is 37.3 Å². The van der Waals surface area contributed by atoms with Crippen LogP contribution in [0.15, 0.2) is 65.6 Å². The highest BCUT2D eigenvalue weighted by Gasteiger charge is 2.36. The average molecular weight is 524 g/mol. The number of nitrogens with one attached hydrogen (secondary N) is 1. The maximum atomic E-state index is 14.2. The van der Waals surface area contributed by atoms with E-state index < -0.39 is 29.4 Å². The zero-order valence-electron chi connectivity index (χ0n) is 19.8. The van der Waals surface area contributed by atoms with Gasteiger partial charge in [-0.2, -0.15) is 13.2 Å². The Bertz CT molecular complexity index is 1610. The number of Topliss-reactive ketones (excluding diaryl/α,β-unsaturated/α-hetero) is 1. The Kier molecular flexibility index (Phi) is 6.10. The molecule has 1 unspecified atom stereocenters. The fourth-order valence-electron chi connectivity index (χ4n) is 5.00. The summed E-state index contributed by atoms with van der Waals surface area (Å²) in [4.78, 5) is 27.2. The highest BCUT2D eigenvalue weighted by Crippen LogP contribution is 2.40. The number of carbonyl (C=O) groups excluding carboxylic acids is 2. The number of amides is 1. The molecule has 0 bridgehead atoms. The number of thiol groups is 1. The normalized spacial score (nSPS) is 15.1. The number of halogens is 4. The number of aryl methyl sites for hydroxylation is 2. The first-order chi connectivity index (χ1) is 17.4. The van der Waals surface area contributed by atoms with Crippen molar-refractivity contribution in [3.63, 3.8) is 0 Å². The minimum absolute atomic E-state index is 0.0695. The zero-order chi connectivity index (χ0) is 26.6. The Balaban J connectivity index is 1.69. The highest BCUT2D eigenvalue weighted by molar-refractivity contribution is 7.80. The highest BCUT2D eigenvalue weighted by atomic mass is 32.1. The Morgan fingerprint density at radius 1 is 1.00 bits per heavy atom. The number of alkyl halides is 3. The van der Waals surface area contributed by atoms with Crippen LogP contribution in [0.4, 0.5) is 17.6 Å². The van der Waals surface area contributed by atoms with Gasteiger partial charge in [-0.25, -0.2) is 4.39 Å². The second-order valence-corrected chi connectivity index (χ2v) is 9.84. The first-order valence-electron chi connectivity index (χ1n) is 11.5. The number of ketones is 1. The lowest BCUT2D eigenvalue weighted by atomic mass is 9.86. The first kappa shape index (κ1) is 25.0. The van der Waals surface area contributed by atoms with E-state index in [0.29, 0.717) is 43.5 Å². The van der Waals surface area contributed by atoms with Crippen LogP contribution < -0.4 is 5.32 Å². The van der Waals surface area contributed by atoms with Gasteiger partial charge in [0.2, 0.25) is 0 Å². The summed E-state index contributed by atoms with van der Waals surface area (Å²) in [5, 5.41) is 4.23. The quantitative estimate of drug-likeness (QED) is 0.169. The van der Waals surface area contributed by atoms with Gasteiger partial charge in [-0.3, -0.25) is 9.59 Å². The summed E-state index contributed by atoms with van der Waals surface area (Å²) in [7, 11) is 0. The molecule has 0 fully saturated rings. The summed E-state index contributed by atoms with van der Waals surface area (Å²) < 4.78 is 54.4. The van der Waals surface area contributed by atoms with Crippen molar-refractivity contribution >= 4 is 35.1 Å². The van der Waals surface area contributed by atoms with E-state index in [1.165, 1.54) is 25.1 Å². The lowest BCUT2D eigenvalue weighted by Crippen LogP contribution is -2.21. The second-order valence-electron chi connectivity index (χ2n) is 9.32. The van der Waals surface area contributed by atoms with Gasteiger partial charge in [0.15, 0.2) is 5.78 Å². The predicted octanol–water partition coefficient (Wildman–Crippen LogP) is 7.16. The fourth-order valence-corrected chi connectivity index (χ4v) is 5.22. The molecule has 1 N–H and O–H groups in total. The van der Waals surface area contributed by atoms with Crippen molar-refractivity contribution in [3.05, 3.63) is 111 Å². The molecule has 0 spiro atoms. The zero-order valence-corrected chi connectivity index (χ0v) is 20.7. The van der Waals surface area contributed by atoms with E-state index in [2.05, 4.69) is 17.9 Å². The van der Waals surface area contributed by atoms with E-state index in [0.717, 1.165) is 17.7 Å².